The molecule has 16 heavy (non-hydrogen) atoms. The summed E-state index contributed by atoms with van der Waals surface area (Å²) in [5.74, 6) is -0.209. The van der Waals surface area contributed by atoms with E-state index in [9.17, 15) is 9.59 Å². The van der Waals surface area contributed by atoms with Crippen LogP contribution in [0.25, 0.3) is 0 Å². The minimum absolute atomic E-state index is 0.0383. The highest BCUT2D eigenvalue weighted by Gasteiger charge is 2.25. The van der Waals surface area contributed by atoms with E-state index in [1.807, 2.05) is 20.8 Å². The third-order valence-electron chi connectivity index (χ3n) is 2.68. The van der Waals surface area contributed by atoms with Crippen molar-refractivity contribution in [3.05, 3.63) is 0 Å². The van der Waals surface area contributed by atoms with Gasteiger partial charge in [0.1, 0.15) is 0 Å². The molecule has 5 heteroatoms. The minimum Gasteiger partial charge on any atom is -0.358 e. The van der Waals surface area contributed by atoms with Crippen LogP contribution in [0.15, 0.2) is 0 Å². The molecule has 0 fully saturated rings. The summed E-state index contributed by atoms with van der Waals surface area (Å²) in [5, 5.41) is 2.51. The number of likely N-dealkylation sites (N-methyl/N-ethyl adjacent to an activating group) is 2. The standard InChI is InChI=1S/C11H23N3O2/c1-5-14(7-10(15)13-4)11(16)9(6-12)8(2)3/h8-9H,5-7,12H2,1-4H3,(H,13,15). The quantitative estimate of drug-likeness (QED) is 0.663. The zero-order valence-corrected chi connectivity index (χ0v) is 10.6. The topological polar surface area (TPSA) is 75.4 Å². The van der Waals surface area contributed by atoms with Gasteiger partial charge in [0.05, 0.1) is 12.5 Å². The van der Waals surface area contributed by atoms with Gasteiger partial charge in [-0.25, -0.2) is 0 Å². The van der Waals surface area contributed by atoms with Crippen molar-refractivity contribution in [2.24, 2.45) is 17.6 Å². The molecule has 0 aliphatic heterocycles. The van der Waals surface area contributed by atoms with Gasteiger partial charge in [-0.2, -0.15) is 0 Å². The fourth-order valence-corrected chi connectivity index (χ4v) is 1.49. The van der Waals surface area contributed by atoms with Crippen LogP contribution < -0.4 is 11.1 Å². The number of amides is 2. The molecule has 5 nitrogen and oxygen atoms in total. The number of carbonyl (C=O) groups is 2. The van der Waals surface area contributed by atoms with Gasteiger partial charge in [0.15, 0.2) is 0 Å². The van der Waals surface area contributed by atoms with E-state index >= 15 is 0 Å². The molecule has 0 aliphatic rings. The summed E-state index contributed by atoms with van der Waals surface area (Å²) in [5.41, 5.74) is 5.58. The molecular formula is C11H23N3O2. The van der Waals surface area contributed by atoms with Crippen LogP contribution in [-0.2, 0) is 9.59 Å². The normalized spacial score (nSPS) is 12.4. The number of rotatable bonds is 6. The molecular weight excluding hydrogens is 206 g/mol. The second-order valence-corrected chi connectivity index (χ2v) is 4.11. The van der Waals surface area contributed by atoms with Crippen molar-refractivity contribution in [1.29, 1.82) is 0 Å². The number of hydrogen-bond acceptors (Lipinski definition) is 3. The van der Waals surface area contributed by atoms with Crippen molar-refractivity contribution < 1.29 is 9.59 Å². The minimum atomic E-state index is -0.204. The van der Waals surface area contributed by atoms with Crippen molar-refractivity contribution in [3.63, 3.8) is 0 Å². The highest BCUT2D eigenvalue weighted by Crippen LogP contribution is 2.12. The van der Waals surface area contributed by atoms with E-state index in [0.29, 0.717) is 13.1 Å². The van der Waals surface area contributed by atoms with E-state index in [-0.39, 0.29) is 30.2 Å². The van der Waals surface area contributed by atoms with E-state index in [4.69, 9.17) is 5.73 Å². The van der Waals surface area contributed by atoms with E-state index in [0.717, 1.165) is 0 Å². The molecule has 0 rings (SSSR count). The van der Waals surface area contributed by atoms with E-state index in [1.165, 1.54) is 4.90 Å². The first-order valence-corrected chi connectivity index (χ1v) is 5.67. The Hall–Kier alpha value is -1.10. The highest BCUT2D eigenvalue weighted by atomic mass is 16.2. The Bertz CT molecular complexity index is 241. The van der Waals surface area contributed by atoms with Gasteiger partial charge in [0.25, 0.3) is 0 Å². The summed E-state index contributed by atoms with van der Waals surface area (Å²) in [7, 11) is 1.56. The van der Waals surface area contributed by atoms with Crippen molar-refractivity contribution in [2.75, 3.05) is 26.7 Å². The largest absolute Gasteiger partial charge is 0.358 e. The number of nitrogens with two attached hydrogens (primary N) is 1. The van der Waals surface area contributed by atoms with Gasteiger partial charge in [-0.15, -0.1) is 0 Å². The van der Waals surface area contributed by atoms with Gasteiger partial charge in [-0.3, -0.25) is 9.59 Å². The van der Waals surface area contributed by atoms with Crippen LogP contribution in [0.3, 0.4) is 0 Å². The van der Waals surface area contributed by atoms with Crippen LogP contribution in [0.1, 0.15) is 20.8 Å². The third-order valence-corrected chi connectivity index (χ3v) is 2.68. The molecule has 0 saturated heterocycles. The molecule has 3 N–H and O–H groups in total. The van der Waals surface area contributed by atoms with Crippen LogP contribution in [0.5, 0.6) is 0 Å². The molecule has 0 heterocycles. The maximum Gasteiger partial charge on any atom is 0.239 e. The first-order valence-electron chi connectivity index (χ1n) is 5.67. The summed E-state index contributed by atoms with van der Waals surface area (Å²) >= 11 is 0. The molecule has 0 aromatic heterocycles. The zero-order valence-electron chi connectivity index (χ0n) is 10.6. The van der Waals surface area contributed by atoms with Gasteiger partial charge in [-0.05, 0) is 12.8 Å². The van der Waals surface area contributed by atoms with Crippen LogP contribution in [0.4, 0.5) is 0 Å². The average molecular weight is 229 g/mol. The molecule has 1 unspecified atom stereocenters. The molecule has 0 aromatic carbocycles. The Kier molecular flexibility index (Phi) is 6.72. The predicted octanol–water partition coefficient (Wildman–Crippen LogP) is -0.188. The number of nitrogens with zero attached hydrogens (tertiary/aromatic N) is 1. The molecule has 0 aromatic rings. The zero-order chi connectivity index (χ0) is 12.7. The fraction of sp³-hybridized carbons (Fsp3) is 0.818. The van der Waals surface area contributed by atoms with Gasteiger partial charge >= 0.3 is 0 Å². The second kappa shape index (κ2) is 7.22. The Morgan fingerprint density at radius 1 is 1.38 bits per heavy atom. The van der Waals surface area contributed by atoms with E-state index < -0.39 is 0 Å². The molecule has 94 valence electrons. The average Bonchev–Trinajstić information content (AvgIpc) is 2.25. The predicted molar refractivity (Wildman–Crippen MR) is 63.7 cm³/mol. The molecule has 0 aliphatic carbocycles. The van der Waals surface area contributed by atoms with E-state index in [1.54, 1.807) is 7.05 Å². The third kappa shape index (κ3) is 4.18. The van der Waals surface area contributed by atoms with Gasteiger partial charge in [0.2, 0.25) is 11.8 Å². The van der Waals surface area contributed by atoms with Crippen LogP contribution in [0, 0.1) is 11.8 Å². The van der Waals surface area contributed by atoms with Crippen molar-refractivity contribution in [2.45, 2.75) is 20.8 Å². The van der Waals surface area contributed by atoms with Crippen molar-refractivity contribution in [3.8, 4) is 0 Å². The SMILES string of the molecule is CCN(CC(=O)NC)C(=O)C(CN)C(C)C. The maximum atomic E-state index is 12.1. The smallest absolute Gasteiger partial charge is 0.239 e. The summed E-state index contributed by atoms with van der Waals surface area (Å²) in [4.78, 5) is 24.8. The monoisotopic (exact) mass is 229 g/mol. The lowest BCUT2D eigenvalue weighted by molar-refractivity contribution is -0.140. The van der Waals surface area contributed by atoms with Crippen LogP contribution in [-0.4, -0.2) is 43.4 Å². The molecule has 0 radical (unpaired) electrons. The first-order chi connectivity index (χ1) is 7.47. The van der Waals surface area contributed by atoms with Crippen molar-refractivity contribution in [1.82, 2.24) is 10.2 Å². The summed E-state index contributed by atoms with van der Waals surface area (Å²) in [6, 6.07) is 0. The molecule has 0 bridgehead atoms. The molecule has 0 saturated carbocycles. The molecule has 2 amide bonds. The molecule has 1 atom stereocenters. The lowest BCUT2D eigenvalue weighted by atomic mass is 9.94. The number of hydrogen-bond donors (Lipinski definition) is 2. The Balaban J connectivity index is 4.56. The summed E-state index contributed by atoms with van der Waals surface area (Å²) in [6.45, 7) is 6.73. The van der Waals surface area contributed by atoms with Crippen molar-refractivity contribution >= 4 is 11.8 Å². The van der Waals surface area contributed by atoms with Crippen LogP contribution in [0.2, 0.25) is 0 Å². The summed E-state index contributed by atoms with van der Waals surface area (Å²) in [6.07, 6.45) is 0. The molecule has 0 spiro atoms. The Labute approximate surface area is 97.4 Å². The van der Waals surface area contributed by atoms with Gasteiger partial charge < -0.3 is 16.0 Å². The van der Waals surface area contributed by atoms with Gasteiger partial charge in [0, 0.05) is 20.1 Å². The highest BCUT2D eigenvalue weighted by molar-refractivity contribution is 5.86. The number of carbonyl (C=O) groups excluding carboxylic acids is 2. The fourth-order valence-electron chi connectivity index (χ4n) is 1.49. The van der Waals surface area contributed by atoms with Gasteiger partial charge in [-0.1, -0.05) is 13.8 Å². The lowest BCUT2D eigenvalue weighted by Crippen LogP contribution is -2.45. The summed E-state index contributed by atoms with van der Waals surface area (Å²) < 4.78 is 0. The maximum absolute atomic E-state index is 12.1. The van der Waals surface area contributed by atoms with Crippen LogP contribution >= 0.6 is 0 Å². The first kappa shape index (κ1) is 14.9. The Morgan fingerprint density at radius 2 is 1.94 bits per heavy atom. The Morgan fingerprint density at radius 3 is 2.25 bits per heavy atom. The van der Waals surface area contributed by atoms with E-state index in [2.05, 4.69) is 5.32 Å². The lowest BCUT2D eigenvalue weighted by Gasteiger charge is -2.26. The number of nitrogens with one attached hydrogen (secondary N) is 1. The second-order valence-electron chi connectivity index (χ2n) is 4.11.